The Hall–Kier alpha value is -5.60. The quantitative estimate of drug-likeness (QED) is 0.0260. The lowest BCUT2D eigenvalue weighted by Crippen LogP contribution is -2.42. The molecular weight excluding hydrogens is 899 g/mol. The van der Waals surface area contributed by atoms with Crippen molar-refractivity contribution in [1.82, 2.24) is 20.3 Å². The molecule has 20 heteroatoms. The van der Waals surface area contributed by atoms with Crippen molar-refractivity contribution in [3.63, 3.8) is 0 Å². The molecule has 384 valence electrons. The lowest BCUT2D eigenvalue weighted by atomic mass is 9.75. The Bertz CT molecular complexity index is 2190. The predicted octanol–water partition coefficient (Wildman–Crippen LogP) is 6.42. The van der Waals surface area contributed by atoms with E-state index in [4.69, 9.17) is 42.3 Å². The zero-order valence-electron chi connectivity index (χ0n) is 41.8. The summed E-state index contributed by atoms with van der Waals surface area (Å²) in [5.74, 6) is -0.720. The maximum Gasteiger partial charge on any atom is 0.508 e. The minimum atomic E-state index is -1.47. The number of ether oxygens (including phenoxy) is 8. The zero-order valence-corrected chi connectivity index (χ0v) is 41.8. The fourth-order valence-electron chi connectivity index (χ4n) is 7.91. The first-order valence-corrected chi connectivity index (χ1v) is 23.9. The molecule has 0 aliphatic heterocycles. The number of amides is 1. The molecule has 1 aromatic carbocycles. The van der Waals surface area contributed by atoms with E-state index >= 15 is 0 Å². The Morgan fingerprint density at radius 1 is 0.899 bits per heavy atom. The number of alkyl carbamates (subject to hydrolysis) is 1. The van der Waals surface area contributed by atoms with Crippen molar-refractivity contribution in [3.05, 3.63) is 52.1 Å². The molecule has 2 aromatic heterocycles. The van der Waals surface area contributed by atoms with Gasteiger partial charge in [0.2, 0.25) is 0 Å². The normalized spacial score (nSPS) is 16.9. The molecule has 0 bridgehead atoms. The molecule has 1 amide bonds. The van der Waals surface area contributed by atoms with E-state index in [-0.39, 0.29) is 64.4 Å². The Morgan fingerprint density at radius 2 is 1.61 bits per heavy atom. The van der Waals surface area contributed by atoms with Crippen molar-refractivity contribution in [3.8, 4) is 0 Å². The first-order valence-electron chi connectivity index (χ1n) is 23.9. The second-order valence-corrected chi connectivity index (χ2v) is 18.5. The van der Waals surface area contributed by atoms with Gasteiger partial charge in [0.05, 0.1) is 57.7 Å². The van der Waals surface area contributed by atoms with Gasteiger partial charge in [0.15, 0.2) is 5.78 Å². The van der Waals surface area contributed by atoms with Crippen molar-refractivity contribution in [2.45, 2.75) is 113 Å². The van der Waals surface area contributed by atoms with Crippen LogP contribution in [0.1, 0.15) is 98.8 Å². The number of esters is 2. The summed E-state index contributed by atoms with van der Waals surface area (Å²) in [5, 5.41) is 11.4. The number of nitrogens with zero attached hydrogens (tertiary/aromatic N) is 4. The molecule has 1 saturated carbocycles. The van der Waals surface area contributed by atoms with Crippen LogP contribution < -0.4 is 15.8 Å². The predicted molar refractivity (Wildman–Crippen MR) is 252 cm³/mol. The number of likely N-dealkylation sites (N-methyl/N-ethyl adjacent to an activating group) is 1. The fraction of sp³-hybridized carbons (Fsp3) is 0.673. The topological polar surface area (TPSA) is 235 Å². The van der Waals surface area contributed by atoms with Crippen molar-refractivity contribution in [1.29, 1.82) is 0 Å². The molecule has 0 radical (unpaired) electrons. The maximum atomic E-state index is 13.3. The van der Waals surface area contributed by atoms with E-state index < -0.39 is 46.4 Å². The highest BCUT2D eigenvalue weighted by atomic mass is 16.7. The van der Waals surface area contributed by atoms with Crippen molar-refractivity contribution < 1.29 is 66.3 Å². The van der Waals surface area contributed by atoms with E-state index in [0.29, 0.717) is 80.1 Å². The third-order valence-corrected chi connectivity index (χ3v) is 12.4. The van der Waals surface area contributed by atoms with Gasteiger partial charge in [-0.3, -0.25) is 19.1 Å². The van der Waals surface area contributed by atoms with Crippen LogP contribution in [0, 0.1) is 28.6 Å². The number of carbonyl (C=O) groups excluding carboxylic acids is 5. The number of nitrogens with one attached hydrogen (secondary N) is 1. The molecule has 1 fully saturated rings. The van der Waals surface area contributed by atoms with Gasteiger partial charge in [-0.25, -0.2) is 14.4 Å². The van der Waals surface area contributed by atoms with Gasteiger partial charge < -0.3 is 52.5 Å². The first-order chi connectivity index (χ1) is 32.9. The Morgan fingerprint density at radius 3 is 2.30 bits per heavy atom. The van der Waals surface area contributed by atoms with Crippen LogP contribution in [0.5, 0.6) is 0 Å². The van der Waals surface area contributed by atoms with Crippen LogP contribution >= 0.6 is 0 Å². The highest BCUT2D eigenvalue weighted by molar-refractivity contribution is 6.04. The zero-order chi connectivity index (χ0) is 50.6. The number of aromatic nitrogens is 3. The van der Waals surface area contributed by atoms with Crippen LogP contribution in [-0.2, 0) is 72.0 Å². The molecule has 1 unspecified atom stereocenters. The SMILES string of the molecule is CCN(CCn1cc(COC(=O)NCCOC(=O)C(C)(C)CC(=O)C(C)(CC)C(=O)OCCOCCOCCOC)nn1)c1ccc2c(COC(=O)O[C@@H]3C[C@H](C)CC[C@H]3C(C)C)cc(=O)oc2c1. The van der Waals surface area contributed by atoms with Gasteiger partial charge in [0.1, 0.15) is 49.2 Å². The second kappa shape index (κ2) is 27.6. The molecule has 0 spiro atoms. The van der Waals surface area contributed by atoms with Crippen LogP contribution in [0.2, 0.25) is 0 Å². The number of fused-ring (bicyclic) bond motifs is 1. The molecule has 2 heterocycles. The number of carbonyl (C=O) groups is 5. The minimum absolute atomic E-state index is 0.0425. The van der Waals surface area contributed by atoms with E-state index in [1.54, 1.807) is 44.8 Å². The average Bonchev–Trinajstić information content (AvgIpc) is 3.77. The lowest BCUT2D eigenvalue weighted by molar-refractivity contribution is -0.165. The number of Topliss-reactive ketones (excluding diaryl/α,β-unsaturated/α-hetero) is 1. The van der Waals surface area contributed by atoms with Gasteiger partial charge >= 0.3 is 29.8 Å². The molecule has 1 aliphatic carbocycles. The van der Waals surface area contributed by atoms with Gasteiger partial charge in [0.25, 0.3) is 0 Å². The summed E-state index contributed by atoms with van der Waals surface area (Å²) in [7, 11) is 1.58. The number of rotatable bonds is 29. The molecule has 1 aliphatic rings. The second-order valence-electron chi connectivity index (χ2n) is 18.5. The highest BCUT2D eigenvalue weighted by Crippen LogP contribution is 2.36. The van der Waals surface area contributed by atoms with Gasteiger partial charge in [-0.05, 0) is 76.8 Å². The molecule has 1 N–H and O–H groups in total. The summed E-state index contributed by atoms with van der Waals surface area (Å²) in [6, 6.07) is 6.83. The molecule has 4 atom stereocenters. The first kappa shape index (κ1) is 56.0. The summed E-state index contributed by atoms with van der Waals surface area (Å²) < 4.78 is 50.0. The highest BCUT2D eigenvalue weighted by Gasteiger charge is 2.45. The van der Waals surface area contributed by atoms with Gasteiger partial charge in [0, 0.05) is 55.4 Å². The summed E-state index contributed by atoms with van der Waals surface area (Å²) in [4.78, 5) is 79.1. The third-order valence-electron chi connectivity index (χ3n) is 12.4. The summed E-state index contributed by atoms with van der Waals surface area (Å²) in [6.07, 6.45) is 2.74. The fourth-order valence-corrected chi connectivity index (χ4v) is 7.91. The molecule has 3 aromatic rings. The monoisotopic (exact) mass is 972 g/mol. The standard InChI is InChI=1S/C49H73N5O15/c1-10-49(8,45(58)65-25-24-63-23-22-62-21-20-61-9)42(55)29-48(6,7)44(57)64-19-16-50-46(59)66-32-36-30-54(52-51-36)18-17-53(11-2)37-13-15-39-35(27-43(56)68-41(39)28-37)31-67-47(60)69-40-26-34(5)12-14-38(40)33(3)4/h13,15,27-28,30,33-34,38,40H,10-12,14,16-26,29,31-32H2,1-9H3,(H,50,59)/t34-,38+,40-,49?/m1/s1. The summed E-state index contributed by atoms with van der Waals surface area (Å²) in [6.45, 7) is 17.4. The Balaban J connectivity index is 1.17. The van der Waals surface area contributed by atoms with Crippen LogP contribution in [0.4, 0.5) is 15.3 Å². The van der Waals surface area contributed by atoms with Gasteiger partial charge in [-0.2, -0.15) is 0 Å². The van der Waals surface area contributed by atoms with Crippen molar-refractivity contribution >= 4 is 46.6 Å². The Kier molecular flexibility index (Phi) is 22.4. The lowest BCUT2D eigenvalue weighted by Gasteiger charge is -2.36. The maximum absolute atomic E-state index is 13.3. The largest absolute Gasteiger partial charge is 0.508 e. The average molecular weight is 972 g/mol. The molecule has 20 nitrogen and oxygen atoms in total. The van der Waals surface area contributed by atoms with E-state index in [1.807, 2.05) is 19.1 Å². The van der Waals surface area contributed by atoms with E-state index in [1.165, 1.54) is 13.0 Å². The minimum Gasteiger partial charge on any atom is -0.463 e. The van der Waals surface area contributed by atoms with Crippen LogP contribution in [0.3, 0.4) is 0 Å². The van der Waals surface area contributed by atoms with E-state index in [0.717, 1.165) is 24.9 Å². The summed E-state index contributed by atoms with van der Waals surface area (Å²) in [5.41, 5.74) is -1.24. The number of hydrogen-bond donors (Lipinski definition) is 1. The number of anilines is 1. The van der Waals surface area contributed by atoms with Gasteiger partial charge in [-0.15, -0.1) is 5.10 Å². The van der Waals surface area contributed by atoms with Crippen molar-refractivity contribution in [2.24, 2.45) is 28.6 Å². The number of methoxy groups -OCH3 is 1. The Labute approximate surface area is 404 Å². The number of hydrogen-bond acceptors (Lipinski definition) is 18. The molecular formula is C49H73N5O15. The molecule has 69 heavy (non-hydrogen) atoms. The smallest absolute Gasteiger partial charge is 0.463 e. The van der Waals surface area contributed by atoms with Crippen molar-refractivity contribution in [2.75, 3.05) is 77.9 Å². The molecule has 0 saturated heterocycles. The third kappa shape index (κ3) is 17.4. The van der Waals surface area contributed by atoms with E-state index in [9.17, 15) is 28.8 Å². The number of benzene rings is 1. The van der Waals surface area contributed by atoms with Crippen LogP contribution in [-0.4, -0.2) is 124 Å². The molecule has 4 rings (SSSR count). The van der Waals surface area contributed by atoms with Gasteiger partial charge in [-0.1, -0.05) is 39.3 Å². The number of ketones is 1. The van der Waals surface area contributed by atoms with Crippen LogP contribution in [0.25, 0.3) is 11.0 Å². The van der Waals surface area contributed by atoms with E-state index in [2.05, 4.69) is 41.3 Å². The van der Waals surface area contributed by atoms with Crippen LogP contribution in [0.15, 0.2) is 39.7 Å². The summed E-state index contributed by atoms with van der Waals surface area (Å²) >= 11 is 0.